The third-order valence-corrected chi connectivity index (χ3v) is 2.72. The molecule has 0 unspecified atom stereocenters. The Morgan fingerprint density at radius 1 is 1.40 bits per heavy atom. The van der Waals surface area contributed by atoms with Crippen LogP contribution in [0.1, 0.15) is 5.56 Å². The summed E-state index contributed by atoms with van der Waals surface area (Å²) < 4.78 is 0. The maximum Gasteiger partial charge on any atom is 0.131 e. The zero-order valence-electron chi connectivity index (χ0n) is 8.18. The fraction of sp³-hybridized carbons (Fsp3) is 0.200. The number of thiophene rings is 1. The van der Waals surface area contributed by atoms with E-state index in [1.165, 1.54) is 11.9 Å². The summed E-state index contributed by atoms with van der Waals surface area (Å²) >= 11 is 1.71. The largest absolute Gasteiger partial charge is 0.384 e. The van der Waals surface area contributed by atoms with E-state index in [0.717, 1.165) is 18.8 Å². The predicted molar refractivity (Wildman–Crippen MR) is 63.0 cm³/mol. The molecule has 0 atom stereocenters. The van der Waals surface area contributed by atoms with Crippen molar-refractivity contribution in [1.29, 1.82) is 0 Å². The number of nitrogens with two attached hydrogens (primary N) is 1. The molecule has 15 heavy (non-hydrogen) atoms. The minimum absolute atomic E-state index is 0.489. The molecule has 0 radical (unpaired) electrons. The van der Waals surface area contributed by atoms with Gasteiger partial charge in [0.25, 0.3) is 0 Å². The van der Waals surface area contributed by atoms with Crippen molar-refractivity contribution < 1.29 is 0 Å². The zero-order chi connectivity index (χ0) is 10.5. The van der Waals surface area contributed by atoms with Gasteiger partial charge in [0.1, 0.15) is 18.0 Å². The number of nitrogens with zero attached hydrogens (tertiary/aromatic N) is 2. The Morgan fingerprint density at radius 2 is 2.33 bits per heavy atom. The fourth-order valence-electron chi connectivity index (χ4n) is 1.24. The van der Waals surface area contributed by atoms with Crippen LogP contribution in [0.25, 0.3) is 0 Å². The first kappa shape index (κ1) is 9.92. The molecule has 4 nitrogen and oxygen atoms in total. The van der Waals surface area contributed by atoms with E-state index in [9.17, 15) is 0 Å². The van der Waals surface area contributed by atoms with Crippen molar-refractivity contribution in [2.45, 2.75) is 6.42 Å². The Bertz CT molecular complexity index is 413. The summed E-state index contributed by atoms with van der Waals surface area (Å²) in [6, 6.07) is 3.86. The molecule has 5 heteroatoms. The van der Waals surface area contributed by atoms with Crippen molar-refractivity contribution in [2.24, 2.45) is 0 Å². The summed E-state index contributed by atoms with van der Waals surface area (Å²) in [5, 5.41) is 7.43. The van der Waals surface area contributed by atoms with Crippen LogP contribution in [-0.2, 0) is 6.42 Å². The van der Waals surface area contributed by atoms with E-state index in [1.807, 2.05) is 0 Å². The summed E-state index contributed by atoms with van der Waals surface area (Å²) in [5.74, 6) is 1.26. The lowest BCUT2D eigenvalue weighted by molar-refractivity contribution is 1.01. The van der Waals surface area contributed by atoms with E-state index in [1.54, 1.807) is 17.4 Å². The topological polar surface area (TPSA) is 63.8 Å². The third kappa shape index (κ3) is 2.92. The molecule has 3 N–H and O–H groups in total. The van der Waals surface area contributed by atoms with Gasteiger partial charge in [0, 0.05) is 12.6 Å². The second-order valence-corrected chi connectivity index (χ2v) is 3.92. The highest BCUT2D eigenvalue weighted by molar-refractivity contribution is 7.07. The minimum Gasteiger partial charge on any atom is -0.384 e. The molecule has 0 aliphatic heterocycles. The van der Waals surface area contributed by atoms with E-state index in [0.29, 0.717) is 5.82 Å². The number of nitrogens with one attached hydrogen (secondary N) is 1. The molecular formula is C10H12N4S. The predicted octanol–water partition coefficient (Wildman–Crippen LogP) is 1.77. The Labute approximate surface area is 92.2 Å². The zero-order valence-corrected chi connectivity index (χ0v) is 9.00. The Balaban J connectivity index is 1.83. The molecule has 2 rings (SSSR count). The molecule has 0 aliphatic rings. The van der Waals surface area contributed by atoms with Gasteiger partial charge in [-0.05, 0) is 28.8 Å². The van der Waals surface area contributed by atoms with Crippen molar-refractivity contribution in [3.05, 3.63) is 34.8 Å². The van der Waals surface area contributed by atoms with Gasteiger partial charge in [-0.3, -0.25) is 0 Å². The van der Waals surface area contributed by atoms with E-state index in [2.05, 4.69) is 32.1 Å². The van der Waals surface area contributed by atoms with E-state index < -0.39 is 0 Å². The average molecular weight is 220 g/mol. The van der Waals surface area contributed by atoms with Crippen LogP contribution in [-0.4, -0.2) is 16.5 Å². The molecule has 0 saturated heterocycles. The van der Waals surface area contributed by atoms with Gasteiger partial charge in [0.15, 0.2) is 0 Å². The molecule has 0 fully saturated rings. The highest BCUT2D eigenvalue weighted by Gasteiger charge is 1.96. The Morgan fingerprint density at radius 3 is 3.07 bits per heavy atom. The molecule has 2 aromatic heterocycles. The molecule has 0 amide bonds. The van der Waals surface area contributed by atoms with Gasteiger partial charge in [-0.15, -0.1) is 0 Å². The quantitative estimate of drug-likeness (QED) is 0.824. The van der Waals surface area contributed by atoms with Gasteiger partial charge in [-0.1, -0.05) is 0 Å². The Kier molecular flexibility index (Phi) is 3.14. The molecule has 0 spiro atoms. The first-order chi connectivity index (χ1) is 7.34. The summed E-state index contributed by atoms with van der Waals surface area (Å²) in [4.78, 5) is 7.88. The van der Waals surface area contributed by atoms with Gasteiger partial charge in [0.05, 0.1) is 0 Å². The first-order valence-corrected chi connectivity index (χ1v) is 5.61. The van der Waals surface area contributed by atoms with Gasteiger partial charge in [-0.25, -0.2) is 9.97 Å². The molecule has 0 aliphatic carbocycles. The summed E-state index contributed by atoms with van der Waals surface area (Å²) in [7, 11) is 0. The smallest absolute Gasteiger partial charge is 0.131 e. The van der Waals surface area contributed by atoms with E-state index in [4.69, 9.17) is 5.73 Å². The monoisotopic (exact) mass is 220 g/mol. The van der Waals surface area contributed by atoms with Crippen LogP contribution in [0.3, 0.4) is 0 Å². The Hall–Kier alpha value is -1.62. The second kappa shape index (κ2) is 4.75. The number of nitrogen functional groups attached to an aromatic ring is 1. The normalized spacial score (nSPS) is 10.1. The second-order valence-electron chi connectivity index (χ2n) is 3.14. The van der Waals surface area contributed by atoms with E-state index in [-0.39, 0.29) is 0 Å². The van der Waals surface area contributed by atoms with Crippen molar-refractivity contribution in [2.75, 3.05) is 17.6 Å². The van der Waals surface area contributed by atoms with Gasteiger partial charge in [-0.2, -0.15) is 11.3 Å². The molecule has 0 bridgehead atoms. The minimum atomic E-state index is 0.489. The van der Waals surface area contributed by atoms with Crippen molar-refractivity contribution in [3.63, 3.8) is 0 Å². The molecule has 0 aromatic carbocycles. The van der Waals surface area contributed by atoms with Crippen molar-refractivity contribution >= 4 is 23.0 Å². The van der Waals surface area contributed by atoms with Crippen LogP contribution >= 0.6 is 11.3 Å². The van der Waals surface area contributed by atoms with Crippen molar-refractivity contribution in [3.8, 4) is 0 Å². The number of hydrogen-bond donors (Lipinski definition) is 2. The number of aromatic nitrogens is 2. The van der Waals surface area contributed by atoms with Crippen molar-refractivity contribution in [1.82, 2.24) is 9.97 Å². The standard InChI is InChI=1S/C10H12N4S/c11-9-5-10(14-7-13-9)12-3-1-8-2-4-15-6-8/h2,4-7H,1,3H2,(H3,11,12,13,14). The van der Waals surface area contributed by atoms with Gasteiger partial charge >= 0.3 is 0 Å². The van der Waals surface area contributed by atoms with Crippen LogP contribution in [0.4, 0.5) is 11.6 Å². The summed E-state index contributed by atoms with van der Waals surface area (Å²) in [5.41, 5.74) is 6.88. The summed E-state index contributed by atoms with van der Waals surface area (Å²) in [6.45, 7) is 0.854. The lowest BCUT2D eigenvalue weighted by Crippen LogP contribution is -2.06. The molecule has 2 heterocycles. The fourth-order valence-corrected chi connectivity index (χ4v) is 1.94. The maximum absolute atomic E-state index is 5.54. The maximum atomic E-state index is 5.54. The van der Waals surface area contributed by atoms with E-state index >= 15 is 0 Å². The average Bonchev–Trinajstić information content (AvgIpc) is 2.71. The van der Waals surface area contributed by atoms with Crippen LogP contribution in [0, 0.1) is 0 Å². The molecular weight excluding hydrogens is 208 g/mol. The SMILES string of the molecule is Nc1cc(NCCc2ccsc2)ncn1. The summed E-state index contributed by atoms with van der Waals surface area (Å²) in [6.07, 6.45) is 2.45. The molecule has 0 saturated carbocycles. The highest BCUT2D eigenvalue weighted by Crippen LogP contribution is 2.08. The molecule has 2 aromatic rings. The number of hydrogen-bond acceptors (Lipinski definition) is 5. The number of anilines is 2. The first-order valence-electron chi connectivity index (χ1n) is 4.67. The van der Waals surface area contributed by atoms with Crippen LogP contribution < -0.4 is 11.1 Å². The third-order valence-electron chi connectivity index (χ3n) is 1.99. The molecule has 78 valence electrons. The number of rotatable bonds is 4. The van der Waals surface area contributed by atoms with Crippen LogP contribution in [0.5, 0.6) is 0 Å². The lowest BCUT2D eigenvalue weighted by atomic mass is 10.2. The van der Waals surface area contributed by atoms with Crippen LogP contribution in [0.2, 0.25) is 0 Å². The van der Waals surface area contributed by atoms with Gasteiger partial charge in [0.2, 0.25) is 0 Å². The lowest BCUT2D eigenvalue weighted by Gasteiger charge is -2.04. The van der Waals surface area contributed by atoms with Crippen LogP contribution in [0.15, 0.2) is 29.2 Å². The van der Waals surface area contributed by atoms with Gasteiger partial charge < -0.3 is 11.1 Å². The highest BCUT2D eigenvalue weighted by atomic mass is 32.1.